The van der Waals surface area contributed by atoms with Gasteiger partial charge in [0.15, 0.2) is 0 Å². The topological polar surface area (TPSA) is 56.0 Å². The van der Waals surface area contributed by atoms with Gasteiger partial charge in [0.25, 0.3) is 0 Å². The molecule has 96 valence electrons. The maximum absolute atomic E-state index is 13.6. The van der Waals surface area contributed by atoms with E-state index in [0.29, 0.717) is 5.69 Å². The van der Waals surface area contributed by atoms with Crippen molar-refractivity contribution in [3.05, 3.63) is 59.2 Å². The van der Waals surface area contributed by atoms with E-state index in [1.54, 1.807) is 18.2 Å². The molecule has 0 aromatic heterocycles. The largest absolute Gasteiger partial charge is 0.508 e. The lowest BCUT2D eigenvalue weighted by Gasteiger charge is -2.09. The van der Waals surface area contributed by atoms with E-state index in [-0.39, 0.29) is 23.4 Å². The number of phenols is 1. The standard InChI is InChI=1S/C14H10F2N2O/c15-13-5-9(7-17)6-14(16)12(13)8-18-10-1-3-11(19)4-2-10/h1-6,18-19H,8H2. The maximum atomic E-state index is 13.6. The summed E-state index contributed by atoms with van der Waals surface area (Å²) in [7, 11) is 0. The third-order valence-electron chi connectivity index (χ3n) is 2.61. The van der Waals surface area contributed by atoms with Gasteiger partial charge < -0.3 is 10.4 Å². The molecule has 0 saturated heterocycles. The molecule has 0 bridgehead atoms. The highest BCUT2D eigenvalue weighted by Crippen LogP contribution is 2.18. The van der Waals surface area contributed by atoms with Gasteiger partial charge in [-0.1, -0.05) is 0 Å². The molecule has 2 rings (SSSR count). The normalized spacial score (nSPS) is 9.95. The summed E-state index contributed by atoms with van der Waals surface area (Å²) in [6.45, 7) is -0.0475. The second kappa shape index (κ2) is 5.36. The van der Waals surface area contributed by atoms with Crippen molar-refractivity contribution in [2.45, 2.75) is 6.54 Å². The highest BCUT2D eigenvalue weighted by Gasteiger charge is 2.10. The van der Waals surface area contributed by atoms with Crippen molar-refractivity contribution in [1.29, 1.82) is 5.26 Å². The second-order valence-electron chi connectivity index (χ2n) is 3.93. The van der Waals surface area contributed by atoms with E-state index in [2.05, 4.69) is 5.32 Å². The SMILES string of the molecule is N#Cc1cc(F)c(CNc2ccc(O)cc2)c(F)c1. The number of nitriles is 1. The summed E-state index contributed by atoms with van der Waals surface area (Å²) >= 11 is 0. The molecule has 0 spiro atoms. The Bertz CT molecular complexity index is 610. The van der Waals surface area contributed by atoms with E-state index in [4.69, 9.17) is 10.4 Å². The number of hydrogen-bond acceptors (Lipinski definition) is 3. The first-order valence-electron chi connectivity index (χ1n) is 5.51. The van der Waals surface area contributed by atoms with Gasteiger partial charge >= 0.3 is 0 Å². The summed E-state index contributed by atoms with van der Waals surface area (Å²) in [6, 6.07) is 9.80. The van der Waals surface area contributed by atoms with Crippen molar-refractivity contribution in [3.63, 3.8) is 0 Å². The van der Waals surface area contributed by atoms with Crippen LogP contribution in [0.4, 0.5) is 14.5 Å². The van der Waals surface area contributed by atoms with Crippen LogP contribution in [0, 0.1) is 23.0 Å². The minimum atomic E-state index is -0.761. The van der Waals surface area contributed by atoms with E-state index in [1.807, 2.05) is 0 Å². The van der Waals surface area contributed by atoms with Crippen LogP contribution < -0.4 is 5.32 Å². The van der Waals surface area contributed by atoms with Crippen LogP contribution >= 0.6 is 0 Å². The molecule has 2 aromatic rings. The first kappa shape index (κ1) is 12.8. The first-order chi connectivity index (χ1) is 9.10. The summed E-state index contributed by atoms with van der Waals surface area (Å²) in [6.07, 6.45) is 0. The van der Waals surface area contributed by atoms with Gasteiger partial charge in [-0.25, -0.2) is 8.78 Å². The molecule has 0 saturated carbocycles. The average Bonchev–Trinajstić information content (AvgIpc) is 2.39. The van der Waals surface area contributed by atoms with Crippen LogP contribution in [-0.4, -0.2) is 5.11 Å². The summed E-state index contributed by atoms with van der Waals surface area (Å²) in [5.41, 5.74) is 0.441. The van der Waals surface area contributed by atoms with Crippen LogP contribution in [0.3, 0.4) is 0 Å². The molecule has 0 aliphatic rings. The fourth-order valence-electron chi connectivity index (χ4n) is 1.61. The van der Waals surface area contributed by atoms with Gasteiger partial charge in [0.2, 0.25) is 0 Å². The molecular weight excluding hydrogens is 250 g/mol. The van der Waals surface area contributed by atoms with Gasteiger partial charge in [0, 0.05) is 17.8 Å². The predicted molar refractivity (Wildman–Crippen MR) is 66.5 cm³/mol. The molecule has 0 aliphatic carbocycles. The Morgan fingerprint density at radius 2 is 1.68 bits per heavy atom. The van der Waals surface area contributed by atoms with E-state index < -0.39 is 11.6 Å². The Morgan fingerprint density at radius 3 is 2.21 bits per heavy atom. The van der Waals surface area contributed by atoms with Gasteiger partial charge in [-0.3, -0.25) is 0 Å². The lowest BCUT2D eigenvalue weighted by atomic mass is 10.1. The number of aromatic hydroxyl groups is 1. The van der Waals surface area contributed by atoms with Crippen molar-refractivity contribution in [1.82, 2.24) is 0 Å². The van der Waals surface area contributed by atoms with E-state index in [1.165, 1.54) is 12.1 Å². The number of nitrogens with zero attached hydrogens (tertiary/aromatic N) is 1. The molecule has 5 heteroatoms. The Labute approximate surface area is 108 Å². The van der Waals surface area contributed by atoms with E-state index >= 15 is 0 Å². The number of phenolic OH excluding ortho intramolecular Hbond substituents is 1. The fraction of sp³-hybridized carbons (Fsp3) is 0.0714. The number of nitrogens with one attached hydrogen (secondary N) is 1. The molecule has 0 unspecified atom stereocenters. The zero-order valence-corrected chi connectivity index (χ0v) is 9.82. The summed E-state index contributed by atoms with van der Waals surface area (Å²) in [5, 5.41) is 20.5. The molecule has 2 aromatic carbocycles. The summed E-state index contributed by atoms with van der Waals surface area (Å²) in [5.74, 6) is -1.41. The lowest BCUT2D eigenvalue weighted by molar-refractivity contribution is 0.475. The predicted octanol–water partition coefficient (Wildman–Crippen LogP) is 3.15. The average molecular weight is 260 g/mol. The molecule has 0 atom stereocenters. The molecule has 0 radical (unpaired) electrons. The Balaban J connectivity index is 2.16. The molecule has 0 fully saturated rings. The highest BCUT2D eigenvalue weighted by atomic mass is 19.1. The third-order valence-corrected chi connectivity index (χ3v) is 2.61. The Morgan fingerprint density at radius 1 is 1.11 bits per heavy atom. The number of benzene rings is 2. The van der Waals surface area contributed by atoms with Crippen molar-refractivity contribution in [3.8, 4) is 11.8 Å². The van der Waals surface area contributed by atoms with Gasteiger partial charge in [-0.15, -0.1) is 0 Å². The third kappa shape index (κ3) is 2.99. The summed E-state index contributed by atoms with van der Waals surface area (Å²) < 4.78 is 27.2. The van der Waals surface area contributed by atoms with Crippen molar-refractivity contribution in [2.24, 2.45) is 0 Å². The molecule has 0 amide bonds. The van der Waals surface area contributed by atoms with Crippen LogP contribution in [0.5, 0.6) is 5.75 Å². The molecule has 2 N–H and O–H groups in total. The Hall–Kier alpha value is -2.61. The zero-order chi connectivity index (χ0) is 13.8. The smallest absolute Gasteiger partial charge is 0.132 e. The van der Waals surface area contributed by atoms with E-state index in [9.17, 15) is 8.78 Å². The first-order valence-corrected chi connectivity index (χ1v) is 5.51. The molecule has 3 nitrogen and oxygen atoms in total. The van der Waals surface area contributed by atoms with Gasteiger partial charge in [-0.05, 0) is 36.4 Å². The molecule has 0 heterocycles. The minimum Gasteiger partial charge on any atom is -0.508 e. The van der Waals surface area contributed by atoms with Crippen LogP contribution in [0.15, 0.2) is 36.4 Å². The van der Waals surface area contributed by atoms with Crippen LogP contribution in [0.2, 0.25) is 0 Å². The molecular formula is C14H10F2N2O. The lowest BCUT2D eigenvalue weighted by Crippen LogP contribution is -2.05. The number of rotatable bonds is 3. The molecule has 0 aliphatic heterocycles. The Kier molecular flexibility index (Phi) is 3.62. The van der Waals surface area contributed by atoms with Crippen LogP contribution in [-0.2, 0) is 6.54 Å². The van der Waals surface area contributed by atoms with Gasteiger partial charge in [0.05, 0.1) is 11.6 Å². The second-order valence-corrected chi connectivity index (χ2v) is 3.93. The van der Waals surface area contributed by atoms with Gasteiger partial charge in [-0.2, -0.15) is 5.26 Å². The van der Waals surface area contributed by atoms with E-state index in [0.717, 1.165) is 12.1 Å². The van der Waals surface area contributed by atoms with Crippen molar-refractivity contribution in [2.75, 3.05) is 5.32 Å². The molecule has 19 heavy (non-hydrogen) atoms. The van der Waals surface area contributed by atoms with Crippen molar-refractivity contribution >= 4 is 5.69 Å². The monoisotopic (exact) mass is 260 g/mol. The quantitative estimate of drug-likeness (QED) is 0.833. The highest BCUT2D eigenvalue weighted by molar-refractivity contribution is 5.47. The number of anilines is 1. The fourth-order valence-corrected chi connectivity index (χ4v) is 1.61. The number of halogens is 2. The number of hydrogen-bond donors (Lipinski definition) is 2. The maximum Gasteiger partial charge on any atom is 0.132 e. The van der Waals surface area contributed by atoms with Crippen LogP contribution in [0.25, 0.3) is 0 Å². The summed E-state index contributed by atoms with van der Waals surface area (Å²) in [4.78, 5) is 0. The van der Waals surface area contributed by atoms with Gasteiger partial charge in [0.1, 0.15) is 17.4 Å². The zero-order valence-electron chi connectivity index (χ0n) is 9.82. The minimum absolute atomic E-state index is 0.0475. The van der Waals surface area contributed by atoms with Crippen LogP contribution in [0.1, 0.15) is 11.1 Å². The van der Waals surface area contributed by atoms with Crippen molar-refractivity contribution < 1.29 is 13.9 Å².